The van der Waals surface area contributed by atoms with E-state index in [1.165, 1.54) is 17.0 Å². The molecule has 1 unspecified atom stereocenters. The molecule has 0 fully saturated rings. The summed E-state index contributed by atoms with van der Waals surface area (Å²) in [5.74, 6) is -0.739. The van der Waals surface area contributed by atoms with Gasteiger partial charge < -0.3 is 9.64 Å². The molecular formula is C12H14BrClFNO2. The number of alkyl halides is 1. The van der Waals surface area contributed by atoms with Gasteiger partial charge in [0.05, 0.1) is 12.0 Å². The number of benzene rings is 1. The van der Waals surface area contributed by atoms with Crippen molar-refractivity contribution in [2.75, 3.05) is 27.3 Å². The summed E-state index contributed by atoms with van der Waals surface area (Å²) >= 11 is 9.12. The van der Waals surface area contributed by atoms with Crippen LogP contribution in [0.1, 0.15) is 10.4 Å². The van der Waals surface area contributed by atoms with E-state index in [4.69, 9.17) is 16.3 Å². The highest BCUT2D eigenvalue weighted by Crippen LogP contribution is 2.16. The molecule has 0 aromatic heterocycles. The molecule has 1 amide bonds. The summed E-state index contributed by atoms with van der Waals surface area (Å²) in [5, 5.41) is -0.291. The Labute approximate surface area is 119 Å². The normalized spacial score (nSPS) is 12.3. The van der Waals surface area contributed by atoms with E-state index < -0.39 is 5.82 Å². The highest BCUT2D eigenvalue weighted by Gasteiger charge is 2.16. The summed E-state index contributed by atoms with van der Waals surface area (Å²) in [4.78, 5) is 13.5. The highest BCUT2D eigenvalue weighted by molar-refractivity contribution is 9.10. The summed E-state index contributed by atoms with van der Waals surface area (Å²) in [5.41, 5.74) is 0.283. The number of ether oxygens (including phenoxy) is 1. The predicted octanol–water partition coefficient (Wildman–Crippen LogP) is 2.91. The van der Waals surface area contributed by atoms with Gasteiger partial charge in [-0.3, -0.25) is 4.79 Å². The lowest BCUT2D eigenvalue weighted by molar-refractivity contribution is 0.0781. The number of hydrogen-bond donors (Lipinski definition) is 0. The van der Waals surface area contributed by atoms with E-state index in [0.29, 0.717) is 17.6 Å². The fraction of sp³-hybridized carbons (Fsp3) is 0.417. The molecule has 1 aromatic rings. The van der Waals surface area contributed by atoms with Crippen molar-refractivity contribution in [2.45, 2.75) is 5.38 Å². The number of nitrogens with zero attached hydrogens (tertiary/aromatic N) is 1. The van der Waals surface area contributed by atoms with Gasteiger partial charge >= 0.3 is 0 Å². The number of carbonyl (C=O) groups excluding carboxylic acids is 1. The zero-order valence-corrected chi connectivity index (χ0v) is 12.5. The molecule has 3 nitrogen and oxygen atoms in total. The lowest BCUT2D eigenvalue weighted by Gasteiger charge is -2.20. The number of methoxy groups -OCH3 is 1. The Bertz CT molecular complexity index is 410. The number of hydrogen-bond acceptors (Lipinski definition) is 2. The molecule has 6 heteroatoms. The first kappa shape index (κ1) is 15.4. The Kier molecular flexibility index (Phi) is 6.05. The van der Waals surface area contributed by atoms with Crippen LogP contribution < -0.4 is 0 Å². The van der Waals surface area contributed by atoms with Crippen molar-refractivity contribution in [3.8, 4) is 0 Å². The largest absolute Gasteiger partial charge is 0.383 e. The second kappa shape index (κ2) is 7.07. The van der Waals surface area contributed by atoms with E-state index >= 15 is 0 Å². The molecule has 0 saturated carbocycles. The second-order valence-corrected chi connectivity index (χ2v) is 5.43. The van der Waals surface area contributed by atoms with Crippen molar-refractivity contribution in [1.82, 2.24) is 4.90 Å². The minimum Gasteiger partial charge on any atom is -0.383 e. The third-order valence-electron chi connectivity index (χ3n) is 2.28. The van der Waals surface area contributed by atoms with Crippen LogP contribution >= 0.6 is 27.5 Å². The van der Waals surface area contributed by atoms with Gasteiger partial charge in [0, 0.05) is 30.7 Å². The standard InChI is InChI=1S/C12H14BrClFNO2/c1-16(6-10(14)7-18-2)12(17)8-3-9(13)5-11(15)4-8/h3-5,10H,6-7H2,1-2H3. The molecule has 0 aliphatic carbocycles. The monoisotopic (exact) mass is 337 g/mol. The second-order valence-electron chi connectivity index (χ2n) is 3.90. The van der Waals surface area contributed by atoms with Crippen LogP contribution in [0.25, 0.3) is 0 Å². The summed E-state index contributed by atoms with van der Waals surface area (Å²) in [7, 11) is 3.16. The summed E-state index contributed by atoms with van der Waals surface area (Å²) < 4.78 is 18.6. The number of rotatable bonds is 5. The van der Waals surface area contributed by atoms with E-state index in [1.807, 2.05) is 0 Å². The van der Waals surface area contributed by atoms with Crippen molar-refractivity contribution >= 4 is 33.4 Å². The van der Waals surface area contributed by atoms with Gasteiger partial charge in [-0.2, -0.15) is 0 Å². The van der Waals surface area contributed by atoms with Crippen LogP contribution in [0.2, 0.25) is 0 Å². The number of amides is 1. The van der Waals surface area contributed by atoms with Crippen molar-refractivity contribution < 1.29 is 13.9 Å². The maximum Gasteiger partial charge on any atom is 0.253 e. The minimum atomic E-state index is -0.458. The molecule has 1 atom stereocenters. The molecule has 0 N–H and O–H groups in total. The molecule has 0 bridgehead atoms. The minimum absolute atomic E-state index is 0.281. The Balaban J connectivity index is 2.74. The van der Waals surface area contributed by atoms with Gasteiger partial charge in [0.15, 0.2) is 0 Å². The van der Waals surface area contributed by atoms with Crippen LogP contribution in [0.3, 0.4) is 0 Å². The molecule has 0 saturated heterocycles. The third-order valence-corrected chi connectivity index (χ3v) is 3.00. The molecule has 0 spiro atoms. The Hall–Kier alpha value is -0.650. The van der Waals surface area contributed by atoms with Crippen molar-refractivity contribution in [3.63, 3.8) is 0 Å². The van der Waals surface area contributed by atoms with E-state index in [0.717, 1.165) is 0 Å². The first-order chi connectivity index (χ1) is 8.43. The fourth-order valence-electron chi connectivity index (χ4n) is 1.51. The Morgan fingerprint density at radius 3 is 2.78 bits per heavy atom. The van der Waals surface area contributed by atoms with E-state index in [2.05, 4.69) is 15.9 Å². The molecule has 100 valence electrons. The zero-order chi connectivity index (χ0) is 13.7. The van der Waals surface area contributed by atoms with Crippen LogP contribution in [0.5, 0.6) is 0 Å². The Morgan fingerprint density at radius 1 is 1.56 bits per heavy atom. The maximum absolute atomic E-state index is 13.2. The van der Waals surface area contributed by atoms with Gasteiger partial charge in [0.2, 0.25) is 0 Å². The maximum atomic E-state index is 13.2. The van der Waals surface area contributed by atoms with Gasteiger partial charge in [0.25, 0.3) is 5.91 Å². The average Bonchev–Trinajstić information content (AvgIpc) is 2.26. The molecule has 18 heavy (non-hydrogen) atoms. The van der Waals surface area contributed by atoms with Crippen LogP contribution in [0.15, 0.2) is 22.7 Å². The SMILES string of the molecule is COCC(Cl)CN(C)C(=O)c1cc(F)cc(Br)c1. The quantitative estimate of drug-likeness (QED) is 0.773. The van der Waals surface area contributed by atoms with Gasteiger partial charge in [-0.05, 0) is 18.2 Å². The summed E-state index contributed by atoms with van der Waals surface area (Å²) in [6.45, 7) is 0.689. The highest BCUT2D eigenvalue weighted by atomic mass is 79.9. The van der Waals surface area contributed by atoms with Crippen molar-refractivity contribution in [3.05, 3.63) is 34.1 Å². The van der Waals surface area contributed by atoms with Crippen LogP contribution in [0.4, 0.5) is 4.39 Å². The number of carbonyl (C=O) groups is 1. The first-order valence-corrected chi connectivity index (χ1v) is 6.51. The zero-order valence-electron chi connectivity index (χ0n) is 10.1. The van der Waals surface area contributed by atoms with E-state index in [-0.39, 0.29) is 16.8 Å². The van der Waals surface area contributed by atoms with Crippen LogP contribution in [-0.2, 0) is 4.74 Å². The van der Waals surface area contributed by atoms with Gasteiger partial charge in [-0.15, -0.1) is 11.6 Å². The molecule has 0 heterocycles. The van der Waals surface area contributed by atoms with E-state index in [1.54, 1.807) is 20.2 Å². The lowest BCUT2D eigenvalue weighted by atomic mass is 10.2. The molecule has 0 radical (unpaired) electrons. The summed E-state index contributed by atoms with van der Waals surface area (Å²) in [6, 6.07) is 4.07. The smallest absolute Gasteiger partial charge is 0.253 e. The molecular weight excluding hydrogens is 324 g/mol. The number of halogens is 3. The molecule has 0 aliphatic rings. The van der Waals surface area contributed by atoms with Crippen molar-refractivity contribution in [1.29, 1.82) is 0 Å². The average molecular weight is 339 g/mol. The fourth-order valence-corrected chi connectivity index (χ4v) is 2.31. The predicted molar refractivity (Wildman–Crippen MR) is 72.6 cm³/mol. The molecule has 1 rings (SSSR count). The van der Waals surface area contributed by atoms with Gasteiger partial charge in [-0.25, -0.2) is 4.39 Å². The van der Waals surface area contributed by atoms with Crippen LogP contribution in [0, 0.1) is 5.82 Å². The van der Waals surface area contributed by atoms with Crippen LogP contribution in [-0.4, -0.2) is 43.5 Å². The lowest BCUT2D eigenvalue weighted by Crippen LogP contribution is -2.34. The first-order valence-electron chi connectivity index (χ1n) is 5.28. The van der Waals surface area contributed by atoms with Gasteiger partial charge in [0.1, 0.15) is 5.82 Å². The molecule has 1 aromatic carbocycles. The van der Waals surface area contributed by atoms with Crippen molar-refractivity contribution in [2.24, 2.45) is 0 Å². The third kappa shape index (κ3) is 4.55. The van der Waals surface area contributed by atoms with E-state index in [9.17, 15) is 9.18 Å². The Morgan fingerprint density at radius 2 is 2.22 bits per heavy atom. The van der Waals surface area contributed by atoms with Gasteiger partial charge in [-0.1, -0.05) is 15.9 Å². The topological polar surface area (TPSA) is 29.5 Å². The summed E-state index contributed by atoms with van der Waals surface area (Å²) in [6.07, 6.45) is 0. The molecule has 0 aliphatic heterocycles.